The van der Waals surface area contributed by atoms with Gasteiger partial charge in [-0.15, -0.1) is 0 Å². The summed E-state index contributed by atoms with van der Waals surface area (Å²) in [6.07, 6.45) is -16.8. The van der Waals surface area contributed by atoms with Crippen LogP contribution in [0.1, 0.15) is 0 Å². The number of ether oxygens (including phenoxy) is 5. The molecule has 15 atom stereocenters. The number of hydrogen-bond donors (Lipinski definition) is 11. The zero-order valence-corrected chi connectivity index (χ0v) is 18.1. The molecule has 0 bridgehead atoms. The molecule has 3 heterocycles. The smallest absolute Gasteiger partial charge is 0.176 e. The SMILES string of the molecule is N[C@@H]1[C@@H](O[C@@H]2[C@@H](O)[C@@H](N)[C@@H](O[C@@H]3[C@@H](O)[C@H](N)[C@@H](O)O[C@@H]3CO)O[C@@H]2CO)O[C@H](CO)[C@H](O)[C@H]1O. The molecule has 0 amide bonds. The first kappa shape index (κ1) is 27.9. The van der Waals surface area contributed by atoms with Gasteiger partial charge >= 0.3 is 0 Å². The first-order valence-electron chi connectivity index (χ1n) is 10.8. The van der Waals surface area contributed by atoms with E-state index < -0.39 is 112 Å². The van der Waals surface area contributed by atoms with Gasteiger partial charge in [0, 0.05) is 0 Å². The summed E-state index contributed by atoms with van der Waals surface area (Å²) < 4.78 is 27.4. The number of nitrogens with two attached hydrogens (primary N) is 3. The lowest BCUT2D eigenvalue weighted by atomic mass is 9.94. The average molecular weight is 501 g/mol. The molecular formula is C18H35N3O13. The largest absolute Gasteiger partial charge is 0.394 e. The van der Waals surface area contributed by atoms with Crippen LogP contribution in [-0.2, 0) is 23.7 Å². The zero-order chi connectivity index (χ0) is 25.3. The van der Waals surface area contributed by atoms with Crippen LogP contribution in [0.2, 0.25) is 0 Å². The van der Waals surface area contributed by atoms with E-state index in [-0.39, 0.29) is 0 Å². The van der Waals surface area contributed by atoms with E-state index in [1.807, 2.05) is 0 Å². The van der Waals surface area contributed by atoms with Crippen molar-refractivity contribution in [3.05, 3.63) is 0 Å². The summed E-state index contributed by atoms with van der Waals surface area (Å²) in [5.41, 5.74) is 17.6. The Morgan fingerprint density at radius 1 is 0.529 bits per heavy atom. The van der Waals surface area contributed by atoms with Crippen LogP contribution in [0.3, 0.4) is 0 Å². The molecule has 3 aliphatic heterocycles. The molecule has 0 radical (unpaired) electrons. The van der Waals surface area contributed by atoms with Gasteiger partial charge in [0.25, 0.3) is 0 Å². The van der Waals surface area contributed by atoms with Gasteiger partial charge in [-0.2, -0.15) is 0 Å². The van der Waals surface area contributed by atoms with E-state index in [1.54, 1.807) is 0 Å². The quantitative estimate of drug-likeness (QED) is 0.154. The summed E-state index contributed by atoms with van der Waals surface area (Å²) in [6.45, 7) is -2.00. The van der Waals surface area contributed by atoms with Crippen molar-refractivity contribution in [1.82, 2.24) is 0 Å². The third-order valence-corrected chi connectivity index (χ3v) is 6.33. The zero-order valence-electron chi connectivity index (χ0n) is 18.1. The van der Waals surface area contributed by atoms with Gasteiger partial charge in [-0.3, -0.25) is 0 Å². The molecular weight excluding hydrogens is 466 g/mol. The molecule has 0 saturated carbocycles. The van der Waals surface area contributed by atoms with Gasteiger partial charge in [0.1, 0.15) is 54.9 Å². The molecule has 16 heteroatoms. The highest BCUT2D eigenvalue weighted by Crippen LogP contribution is 2.30. The topological polar surface area (TPSA) is 286 Å². The van der Waals surface area contributed by atoms with Crippen LogP contribution in [0.5, 0.6) is 0 Å². The minimum Gasteiger partial charge on any atom is -0.394 e. The lowest BCUT2D eigenvalue weighted by molar-refractivity contribution is -0.348. The third-order valence-electron chi connectivity index (χ3n) is 6.33. The number of hydrogen-bond acceptors (Lipinski definition) is 16. The third kappa shape index (κ3) is 5.37. The van der Waals surface area contributed by atoms with E-state index in [0.29, 0.717) is 0 Å². The van der Waals surface area contributed by atoms with E-state index in [2.05, 4.69) is 0 Å². The van der Waals surface area contributed by atoms with Gasteiger partial charge in [-0.25, -0.2) is 0 Å². The molecule has 200 valence electrons. The Balaban J connectivity index is 1.72. The standard InChI is InChI=1S/C18H35N3O13/c19-7-12(27)14(5(2-23)30-16(7)29)33-18-9(21)13(28)15(6(3-24)32-18)34-17-8(20)11(26)10(25)4(1-22)31-17/h4-18,22-29H,1-3,19-21H2/t4-,5-,6-,7+,8+,9-,10+,11+,12+,13+,14+,15+,16+,17-,18-/m1/s1. The minimum atomic E-state index is -1.56. The van der Waals surface area contributed by atoms with E-state index in [4.69, 9.17) is 40.9 Å². The minimum absolute atomic E-state index is 0.651. The second kappa shape index (κ2) is 11.6. The van der Waals surface area contributed by atoms with E-state index >= 15 is 0 Å². The maximum absolute atomic E-state index is 10.8. The van der Waals surface area contributed by atoms with Crippen LogP contribution >= 0.6 is 0 Å². The maximum Gasteiger partial charge on any atom is 0.176 e. The van der Waals surface area contributed by atoms with Crippen molar-refractivity contribution in [3.8, 4) is 0 Å². The molecule has 0 aromatic carbocycles. The predicted molar refractivity (Wildman–Crippen MR) is 107 cm³/mol. The van der Waals surface area contributed by atoms with Crippen LogP contribution in [0.15, 0.2) is 0 Å². The van der Waals surface area contributed by atoms with E-state index in [0.717, 1.165) is 0 Å². The molecule has 3 aliphatic rings. The van der Waals surface area contributed by atoms with Gasteiger partial charge in [0.2, 0.25) is 0 Å². The maximum atomic E-state index is 10.8. The number of aliphatic hydroxyl groups is 8. The Hall–Kier alpha value is -0.640. The summed E-state index contributed by atoms with van der Waals surface area (Å²) >= 11 is 0. The summed E-state index contributed by atoms with van der Waals surface area (Å²) in [4.78, 5) is 0. The van der Waals surface area contributed by atoms with E-state index in [1.165, 1.54) is 0 Å². The first-order chi connectivity index (χ1) is 16.0. The van der Waals surface area contributed by atoms with Crippen molar-refractivity contribution in [2.45, 2.75) is 91.9 Å². The predicted octanol–water partition coefficient (Wildman–Crippen LogP) is -7.67. The Morgan fingerprint density at radius 3 is 1.44 bits per heavy atom. The fourth-order valence-corrected chi connectivity index (χ4v) is 4.18. The van der Waals surface area contributed by atoms with Crippen molar-refractivity contribution in [2.24, 2.45) is 17.2 Å². The van der Waals surface area contributed by atoms with Gasteiger partial charge < -0.3 is 81.7 Å². The molecule has 16 nitrogen and oxygen atoms in total. The summed E-state index contributed by atoms with van der Waals surface area (Å²) in [7, 11) is 0. The molecule has 0 aliphatic carbocycles. The second-order valence-electron chi connectivity index (χ2n) is 8.59. The van der Waals surface area contributed by atoms with Crippen molar-refractivity contribution in [3.63, 3.8) is 0 Å². The normalized spacial score (nSPS) is 52.5. The molecule has 34 heavy (non-hydrogen) atoms. The number of rotatable bonds is 7. The van der Waals surface area contributed by atoms with Crippen LogP contribution in [0.4, 0.5) is 0 Å². The molecule has 0 aromatic rings. The fourth-order valence-electron chi connectivity index (χ4n) is 4.18. The van der Waals surface area contributed by atoms with Crippen molar-refractivity contribution in [2.75, 3.05) is 19.8 Å². The van der Waals surface area contributed by atoms with Crippen molar-refractivity contribution < 1.29 is 64.5 Å². The Labute approximate surface area is 194 Å². The summed E-state index contributed by atoms with van der Waals surface area (Å²) in [5, 5.41) is 79.6. The van der Waals surface area contributed by atoms with Crippen LogP contribution in [-0.4, -0.2) is 153 Å². The second-order valence-corrected chi connectivity index (χ2v) is 8.59. The Bertz CT molecular complexity index is 646. The van der Waals surface area contributed by atoms with Crippen LogP contribution < -0.4 is 17.2 Å². The average Bonchev–Trinajstić information content (AvgIpc) is 2.83. The molecule has 3 saturated heterocycles. The molecule has 14 N–H and O–H groups in total. The summed E-state index contributed by atoms with van der Waals surface area (Å²) in [6, 6.07) is -3.87. The molecule has 3 fully saturated rings. The van der Waals surface area contributed by atoms with Crippen LogP contribution in [0, 0.1) is 0 Å². The first-order valence-corrected chi connectivity index (χ1v) is 10.8. The Morgan fingerprint density at radius 2 is 0.941 bits per heavy atom. The highest BCUT2D eigenvalue weighted by atomic mass is 16.7. The van der Waals surface area contributed by atoms with Crippen molar-refractivity contribution in [1.29, 1.82) is 0 Å². The molecule has 3 rings (SSSR count). The van der Waals surface area contributed by atoms with Crippen LogP contribution in [0.25, 0.3) is 0 Å². The molecule has 0 spiro atoms. The fraction of sp³-hybridized carbons (Fsp3) is 1.00. The highest BCUT2D eigenvalue weighted by Gasteiger charge is 2.52. The van der Waals surface area contributed by atoms with Gasteiger partial charge in [-0.1, -0.05) is 0 Å². The highest BCUT2D eigenvalue weighted by molar-refractivity contribution is 4.98. The molecule has 0 unspecified atom stereocenters. The van der Waals surface area contributed by atoms with Gasteiger partial charge in [0.05, 0.1) is 37.9 Å². The van der Waals surface area contributed by atoms with Gasteiger partial charge in [0.15, 0.2) is 18.9 Å². The van der Waals surface area contributed by atoms with E-state index in [9.17, 15) is 40.9 Å². The Kier molecular flexibility index (Phi) is 9.54. The number of aliphatic hydroxyl groups excluding tert-OH is 8. The monoisotopic (exact) mass is 501 g/mol. The van der Waals surface area contributed by atoms with Crippen molar-refractivity contribution >= 4 is 0 Å². The lowest BCUT2D eigenvalue weighted by Gasteiger charge is -2.48. The molecule has 0 aromatic heterocycles. The van der Waals surface area contributed by atoms with Gasteiger partial charge in [-0.05, 0) is 0 Å². The lowest BCUT2D eigenvalue weighted by Crippen LogP contribution is -2.69. The summed E-state index contributed by atoms with van der Waals surface area (Å²) in [5.74, 6) is 0.